The van der Waals surface area contributed by atoms with Crippen molar-refractivity contribution in [2.75, 3.05) is 0 Å². The minimum Gasteiger partial charge on any atom is -0.270 e. The predicted molar refractivity (Wildman–Crippen MR) is 83.5 cm³/mol. The van der Waals surface area contributed by atoms with Crippen LogP contribution in [-0.2, 0) is 6.54 Å². The quantitative estimate of drug-likeness (QED) is 0.491. The number of amides is 2. The Kier molecular flexibility index (Phi) is 3.61. The zero-order chi connectivity index (χ0) is 16.7. The highest BCUT2D eigenvalue weighted by atomic mass is 35.5. The van der Waals surface area contributed by atoms with Crippen LogP contribution in [0.4, 0.5) is 5.69 Å². The highest BCUT2D eigenvalue weighted by Crippen LogP contribution is 2.30. The van der Waals surface area contributed by atoms with Crippen LogP contribution in [0, 0.1) is 17.0 Å². The molecule has 1 heterocycles. The highest BCUT2D eigenvalue weighted by molar-refractivity contribution is 6.31. The van der Waals surface area contributed by atoms with Crippen molar-refractivity contribution in [1.29, 1.82) is 0 Å². The van der Waals surface area contributed by atoms with Gasteiger partial charge in [-0.05, 0) is 30.2 Å². The van der Waals surface area contributed by atoms with Crippen LogP contribution in [-0.4, -0.2) is 21.6 Å². The van der Waals surface area contributed by atoms with Crippen LogP contribution >= 0.6 is 11.6 Å². The van der Waals surface area contributed by atoms with Gasteiger partial charge in [-0.3, -0.25) is 24.6 Å². The summed E-state index contributed by atoms with van der Waals surface area (Å²) < 4.78 is 0. The average Bonchev–Trinajstić information content (AvgIpc) is 2.76. The molecule has 0 bridgehead atoms. The van der Waals surface area contributed by atoms with E-state index in [4.69, 9.17) is 11.6 Å². The lowest BCUT2D eigenvalue weighted by Gasteiger charge is -2.16. The molecule has 0 spiro atoms. The van der Waals surface area contributed by atoms with E-state index < -0.39 is 16.7 Å². The summed E-state index contributed by atoms with van der Waals surface area (Å²) in [4.78, 5) is 36.2. The first-order chi connectivity index (χ1) is 10.9. The third-order valence-corrected chi connectivity index (χ3v) is 4.25. The number of nitro groups is 1. The van der Waals surface area contributed by atoms with E-state index in [0.717, 1.165) is 4.90 Å². The summed E-state index contributed by atoms with van der Waals surface area (Å²) in [5.41, 5.74) is 1.58. The smallest absolute Gasteiger partial charge is 0.270 e. The summed E-state index contributed by atoms with van der Waals surface area (Å²) >= 11 is 6.02. The van der Waals surface area contributed by atoms with E-state index in [1.807, 2.05) is 0 Å². The van der Waals surface area contributed by atoms with Crippen molar-refractivity contribution in [2.45, 2.75) is 13.5 Å². The second-order valence-electron chi connectivity index (χ2n) is 5.21. The maximum absolute atomic E-state index is 12.4. The van der Waals surface area contributed by atoms with E-state index in [2.05, 4.69) is 0 Å². The first kappa shape index (κ1) is 15.2. The van der Waals surface area contributed by atoms with Crippen molar-refractivity contribution in [1.82, 2.24) is 4.90 Å². The van der Waals surface area contributed by atoms with Crippen molar-refractivity contribution < 1.29 is 14.5 Å². The molecule has 23 heavy (non-hydrogen) atoms. The van der Waals surface area contributed by atoms with Crippen LogP contribution in [0.25, 0.3) is 0 Å². The highest BCUT2D eigenvalue weighted by Gasteiger charge is 2.35. The van der Waals surface area contributed by atoms with E-state index in [1.54, 1.807) is 31.2 Å². The number of carbonyl (C=O) groups excluding carboxylic acids is 2. The molecule has 6 nitrogen and oxygen atoms in total. The fourth-order valence-electron chi connectivity index (χ4n) is 2.54. The van der Waals surface area contributed by atoms with Crippen LogP contribution in [0.5, 0.6) is 0 Å². The van der Waals surface area contributed by atoms with Gasteiger partial charge in [0.1, 0.15) is 0 Å². The number of halogens is 1. The van der Waals surface area contributed by atoms with Crippen molar-refractivity contribution in [3.8, 4) is 0 Å². The first-order valence-corrected chi connectivity index (χ1v) is 7.16. The van der Waals surface area contributed by atoms with Crippen molar-refractivity contribution in [3.05, 3.63) is 73.8 Å². The van der Waals surface area contributed by atoms with Gasteiger partial charge in [-0.2, -0.15) is 0 Å². The van der Waals surface area contributed by atoms with E-state index in [9.17, 15) is 19.7 Å². The number of imide groups is 1. The number of fused-ring (bicyclic) bond motifs is 1. The maximum Gasteiger partial charge on any atom is 0.271 e. The van der Waals surface area contributed by atoms with Gasteiger partial charge in [-0.15, -0.1) is 0 Å². The van der Waals surface area contributed by atoms with Crippen LogP contribution < -0.4 is 0 Å². The van der Waals surface area contributed by atoms with Gasteiger partial charge in [-0.25, -0.2) is 0 Å². The Labute approximate surface area is 136 Å². The summed E-state index contributed by atoms with van der Waals surface area (Å²) in [5, 5.41) is 11.2. The van der Waals surface area contributed by atoms with Gasteiger partial charge in [0, 0.05) is 12.1 Å². The number of carbonyl (C=O) groups is 2. The third-order valence-electron chi connectivity index (χ3n) is 3.85. The van der Waals surface area contributed by atoms with Gasteiger partial charge in [-0.1, -0.05) is 23.7 Å². The van der Waals surface area contributed by atoms with Gasteiger partial charge >= 0.3 is 0 Å². The summed E-state index contributed by atoms with van der Waals surface area (Å²) in [5.74, 6) is -0.819. The molecule has 7 heteroatoms. The Hall–Kier alpha value is -2.73. The Morgan fingerprint density at radius 3 is 2.22 bits per heavy atom. The Morgan fingerprint density at radius 2 is 1.70 bits per heavy atom. The van der Waals surface area contributed by atoms with Crippen molar-refractivity contribution >= 4 is 29.1 Å². The molecule has 116 valence electrons. The molecular weight excluding hydrogens is 320 g/mol. The molecule has 0 saturated heterocycles. The summed E-state index contributed by atoms with van der Waals surface area (Å²) in [6, 6.07) is 9.13. The average molecular weight is 331 g/mol. The SMILES string of the molecule is Cc1c(Cl)cc([N+](=O)[O-])cc1CN1C(=O)c2ccccc2C1=O. The monoisotopic (exact) mass is 330 g/mol. The van der Waals surface area contributed by atoms with Crippen molar-refractivity contribution in [3.63, 3.8) is 0 Å². The number of nitrogens with zero attached hydrogens (tertiary/aromatic N) is 2. The van der Waals surface area contributed by atoms with Crippen LogP contribution in [0.3, 0.4) is 0 Å². The minimum absolute atomic E-state index is 0.0560. The molecule has 3 rings (SSSR count). The molecule has 0 atom stereocenters. The van der Waals surface area contributed by atoms with E-state index in [0.29, 0.717) is 22.3 Å². The summed E-state index contributed by atoms with van der Waals surface area (Å²) in [7, 11) is 0. The standard InChI is InChI=1S/C16H11ClN2O4/c1-9-10(6-11(19(22)23)7-14(9)17)8-18-15(20)12-4-2-3-5-13(12)16(18)21/h2-7H,8H2,1H3. The normalized spacial score (nSPS) is 13.4. The number of hydrogen-bond donors (Lipinski definition) is 0. The molecule has 0 unspecified atom stereocenters. The van der Waals surface area contributed by atoms with Crippen molar-refractivity contribution in [2.24, 2.45) is 0 Å². The van der Waals surface area contributed by atoms with E-state index in [-0.39, 0.29) is 17.3 Å². The zero-order valence-electron chi connectivity index (χ0n) is 12.1. The van der Waals surface area contributed by atoms with Crippen LogP contribution in [0.15, 0.2) is 36.4 Å². The third kappa shape index (κ3) is 2.47. The molecule has 1 aliphatic rings. The number of hydrogen-bond acceptors (Lipinski definition) is 4. The number of nitro benzene ring substituents is 1. The lowest BCUT2D eigenvalue weighted by atomic mass is 10.1. The molecule has 0 aromatic heterocycles. The Morgan fingerprint density at radius 1 is 1.13 bits per heavy atom. The molecule has 0 radical (unpaired) electrons. The molecule has 2 aromatic carbocycles. The van der Waals surface area contributed by atoms with E-state index >= 15 is 0 Å². The number of non-ortho nitro benzene ring substituents is 1. The van der Waals surface area contributed by atoms with Gasteiger partial charge in [0.05, 0.1) is 27.6 Å². The van der Waals surface area contributed by atoms with Gasteiger partial charge in [0.25, 0.3) is 17.5 Å². The Bertz CT molecular complexity index is 828. The topological polar surface area (TPSA) is 80.5 Å². The first-order valence-electron chi connectivity index (χ1n) is 6.79. The molecule has 0 N–H and O–H groups in total. The van der Waals surface area contributed by atoms with Gasteiger partial charge in [0.15, 0.2) is 0 Å². The molecule has 0 saturated carbocycles. The molecule has 2 amide bonds. The predicted octanol–water partition coefficient (Wildman–Crippen LogP) is 3.35. The van der Waals surface area contributed by atoms with Crippen LogP contribution in [0.1, 0.15) is 31.8 Å². The molecule has 1 aliphatic heterocycles. The lowest BCUT2D eigenvalue weighted by molar-refractivity contribution is -0.384. The Balaban J connectivity index is 1.99. The fourth-order valence-corrected chi connectivity index (χ4v) is 2.78. The van der Waals surface area contributed by atoms with Gasteiger partial charge < -0.3 is 0 Å². The second-order valence-corrected chi connectivity index (χ2v) is 5.62. The maximum atomic E-state index is 12.4. The minimum atomic E-state index is -0.558. The summed E-state index contributed by atoms with van der Waals surface area (Å²) in [6.07, 6.45) is 0. The summed E-state index contributed by atoms with van der Waals surface area (Å²) in [6.45, 7) is 1.64. The van der Waals surface area contributed by atoms with E-state index in [1.165, 1.54) is 12.1 Å². The number of benzene rings is 2. The molecule has 0 aliphatic carbocycles. The largest absolute Gasteiger partial charge is 0.271 e. The molecular formula is C16H11ClN2O4. The molecule has 2 aromatic rings. The number of rotatable bonds is 3. The zero-order valence-corrected chi connectivity index (χ0v) is 12.8. The van der Waals surface area contributed by atoms with Crippen LogP contribution in [0.2, 0.25) is 5.02 Å². The molecule has 0 fully saturated rings. The fraction of sp³-hybridized carbons (Fsp3) is 0.125. The second kappa shape index (κ2) is 5.48. The lowest BCUT2D eigenvalue weighted by Crippen LogP contribution is -2.29. The van der Waals surface area contributed by atoms with Gasteiger partial charge in [0.2, 0.25) is 0 Å².